The number of aryl methyl sites for hydroxylation is 3. The van der Waals surface area contributed by atoms with E-state index in [4.69, 9.17) is 0 Å². The number of fused-ring (bicyclic) bond motifs is 1. The van der Waals surface area contributed by atoms with Crippen LogP contribution in [-0.2, 0) is 54.1 Å². The van der Waals surface area contributed by atoms with E-state index in [1.54, 1.807) is 23.7 Å². The molecule has 0 amide bonds. The molecule has 0 bridgehead atoms. The van der Waals surface area contributed by atoms with Crippen molar-refractivity contribution in [1.82, 2.24) is 19.6 Å². The van der Waals surface area contributed by atoms with Crippen LogP contribution >= 0.6 is 45.7 Å². The first-order valence-corrected chi connectivity index (χ1v) is 10.7. The Morgan fingerprint density at radius 1 is 0.963 bits per heavy atom. The van der Waals surface area contributed by atoms with E-state index in [1.165, 1.54) is 23.7 Å². The molecule has 0 aliphatic carbocycles. The molecule has 7 nitrogen and oxygen atoms in total. The molecule has 0 saturated heterocycles. The number of imidazole rings is 1. The molecule has 0 saturated carbocycles. The largest absolute Gasteiger partial charge is 0.207 e. The van der Waals surface area contributed by atoms with Crippen LogP contribution in [-0.4, -0.2) is 19.6 Å². The van der Waals surface area contributed by atoms with E-state index >= 15 is 0 Å². The quantitative estimate of drug-likeness (QED) is 0.297. The zero-order valence-corrected chi connectivity index (χ0v) is 21.6. The van der Waals surface area contributed by atoms with E-state index in [0.717, 1.165) is 20.5 Å². The normalized spacial score (nSPS) is 11.0. The second-order valence-corrected chi connectivity index (χ2v) is 11.0. The zero-order chi connectivity index (χ0) is 20.5. The number of halogens is 3. The van der Waals surface area contributed by atoms with Crippen LogP contribution in [0.25, 0.3) is 11.2 Å². The van der Waals surface area contributed by atoms with Gasteiger partial charge >= 0.3 is 102 Å². The van der Waals surface area contributed by atoms with Crippen LogP contribution in [0.1, 0.15) is 5.56 Å². The average molecular weight is 780 g/mol. The minimum atomic E-state index is -0.310. The predicted molar refractivity (Wildman–Crippen MR) is 116 cm³/mol. The molecular weight excluding hydrogens is 762 g/mol. The van der Waals surface area contributed by atoms with Crippen molar-refractivity contribution in [1.29, 1.82) is 0 Å². The van der Waals surface area contributed by atoms with E-state index in [9.17, 15) is 14.0 Å². The Labute approximate surface area is 193 Å². The van der Waals surface area contributed by atoms with Gasteiger partial charge in [-0.2, -0.15) is 1.33 Å². The fraction of sp³-hybridized carbons (Fsp3) is 0.312. The summed E-state index contributed by atoms with van der Waals surface area (Å²) in [6.45, 7) is 0.835. The van der Waals surface area contributed by atoms with Crippen LogP contribution in [0.2, 0.25) is 0 Å². The number of hydrogen-bond donors (Lipinski definition) is 0. The molecule has 3 rings (SSSR count). The van der Waals surface area contributed by atoms with Crippen LogP contribution in [0.4, 0.5) is 4.39 Å². The molecule has 2 aromatic heterocycles. The number of benzene rings is 1. The van der Waals surface area contributed by atoms with E-state index in [-0.39, 0.29) is 17.1 Å². The maximum atomic E-state index is 12.4. The third-order valence-corrected chi connectivity index (χ3v) is 6.20. The Kier molecular flexibility index (Phi) is 7.79. The Bertz CT molecular complexity index is 1150. The molecule has 0 spiro atoms. The molecule has 0 radical (unpaired) electrons. The topological polar surface area (TPSA) is 57.1 Å². The molecule has 0 N–H and O–H groups in total. The van der Waals surface area contributed by atoms with Crippen LogP contribution in [0.3, 0.4) is 0 Å². The zero-order valence-electron chi connectivity index (χ0n) is 15.0. The van der Waals surface area contributed by atoms with Gasteiger partial charge in [-0.05, 0) is 17.7 Å². The fourth-order valence-corrected chi connectivity index (χ4v) is 3.89. The first-order chi connectivity index (χ1) is 12.6. The molecule has 2 heterocycles. The molecule has 27 heavy (non-hydrogen) atoms. The Morgan fingerprint density at radius 3 is 2.04 bits per heavy atom. The first kappa shape index (κ1) is 22.7. The van der Waals surface area contributed by atoms with Crippen molar-refractivity contribution in [3.8, 4) is 0 Å². The SMILES string of the molecule is Cn1c(=O)c2c(n(C)c1=O)n(C)[c](=[Pt])n2C.Fc1ccc(CN(I)I)cc1. The van der Waals surface area contributed by atoms with Gasteiger partial charge in [-0.15, -0.1) is 0 Å². The van der Waals surface area contributed by atoms with Gasteiger partial charge in [0.15, 0.2) is 0 Å². The Morgan fingerprint density at radius 2 is 1.52 bits per heavy atom. The molecule has 11 heteroatoms. The van der Waals surface area contributed by atoms with Gasteiger partial charge in [0.05, 0.1) is 0 Å². The molecule has 0 unspecified atom stereocenters. The molecule has 0 aliphatic rings. The van der Waals surface area contributed by atoms with Crippen molar-refractivity contribution in [2.24, 2.45) is 28.2 Å². The summed E-state index contributed by atoms with van der Waals surface area (Å²) in [6.07, 6.45) is 0. The summed E-state index contributed by atoms with van der Waals surface area (Å²) in [4.78, 5) is 23.8. The van der Waals surface area contributed by atoms with Gasteiger partial charge < -0.3 is 0 Å². The minimum absolute atomic E-state index is 0.179. The van der Waals surface area contributed by atoms with Crippen molar-refractivity contribution >= 4 is 56.9 Å². The molecule has 0 atom stereocenters. The minimum Gasteiger partial charge on any atom is -0.207 e. The molecular formula is C16H18FI2N5O2Pt. The number of aromatic nitrogens is 4. The van der Waals surface area contributed by atoms with Gasteiger partial charge in [-0.25, -0.2) is 4.39 Å². The van der Waals surface area contributed by atoms with Crippen molar-refractivity contribution in [2.45, 2.75) is 6.54 Å². The summed E-state index contributed by atoms with van der Waals surface area (Å²) in [7, 11) is 6.81. The third-order valence-electron chi connectivity index (χ3n) is 3.99. The van der Waals surface area contributed by atoms with Crippen LogP contribution in [0.5, 0.6) is 0 Å². The molecule has 3 aromatic rings. The van der Waals surface area contributed by atoms with Crippen molar-refractivity contribution < 1.29 is 23.7 Å². The van der Waals surface area contributed by atoms with Crippen molar-refractivity contribution in [2.75, 3.05) is 0 Å². The molecule has 0 aliphatic heterocycles. The van der Waals surface area contributed by atoms with Gasteiger partial charge in [0.25, 0.3) is 0 Å². The van der Waals surface area contributed by atoms with Gasteiger partial charge in [-0.3, -0.25) is 0 Å². The van der Waals surface area contributed by atoms with E-state index in [0.29, 0.717) is 11.2 Å². The van der Waals surface area contributed by atoms with Crippen LogP contribution in [0.15, 0.2) is 33.9 Å². The standard InChI is InChI=1S/C9H12N4O2.C7H6FI2N.Pt/c1-10-5-11(2)7-6(10)8(14)13(4)9(15)12(7)3;8-7-3-1-6(2-4-7)5-11(9)10;/h1-4H3;1-4H,5H2;. The smallest absolute Gasteiger partial charge is 0.123 e. The van der Waals surface area contributed by atoms with E-state index < -0.39 is 0 Å². The van der Waals surface area contributed by atoms with Gasteiger partial charge in [0.1, 0.15) is 5.82 Å². The molecule has 1 aromatic carbocycles. The Hall–Kier alpha value is -0.592. The monoisotopic (exact) mass is 780 g/mol. The van der Waals surface area contributed by atoms with Crippen LogP contribution in [0, 0.1) is 9.62 Å². The van der Waals surface area contributed by atoms with E-state index in [2.05, 4.69) is 65.1 Å². The number of nitrogens with zero attached hydrogens (tertiary/aromatic N) is 5. The van der Waals surface area contributed by atoms with Crippen LogP contribution < -0.4 is 11.2 Å². The second-order valence-electron chi connectivity index (χ2n) is 5.82. The maximum absolute atomic E-state index is 12.4. The molecule has 150 valence electrons. The van der Waals surface area contributed by atoms with E-state index in [1.807, 2.05) is 20.0 Å². The summed E-state index contributed by atoms with van der Waals surface area (Å²) in [5.74, 6) is -0.179. The first-order valence-electron chi connectivity index (χ1n) is 7.66. The summed E-state index contributed by atoms with van der Waals surface area (Å²) < 4.78 is 21.5. The summed E-state index contributed by atoms with van der Waals surface area (Å²) >= 11 is 6.49. The predicted octanol–water partition coefficient (Wildman–Crippen LogP) is 2.32. The second kappa shape index (κ2) is 9.27. The summed E-state index contributed by atoms with van der Waals surface area (Å²) in [6, 6.07) is 6.54. The van der Waals surface area contributed by atoms with Crippen molar-refractivity contribution in [3.63, 3.8) is 0 Å². The summed E-state index contributed by atoms with van der Waals surface area (Å²) in [5.41, 5.74) is 1.72. The average Bonchev–Trinajstić information content (AvgIpc) is 2.84. The number of hydrogen-bond acceptors (Lipinski definition) is 3. The van der Waals surface area contributed by atoms with Gasteiger partial charge in [0.2, 0.25) is 0 Å². The summed E-state index contributed by atoms with van der Waals surface area (Å²) in [5, 5.41) is 0. The van der Waals surface area contributed by atoms with Crippen molar-refractivity contribution in [3.05, 3.63) is 60.3 Å². The van der Waals surface area contributed by atoms with Gasteiger partial charge in [0, 0.05) is 52.3 Å². The number of rotatable bonds is 2. The molecule has 0 fully saturated rings. The third kappa shape index (κ3) is 4.88. The maximum Gasteiger partial charge on any atom is 0.123 e. The Balaban J connectivity index is 0.000000208. The fourth-order valence-electron chi connectivity index (χ4n) is 2.61. The van der Waals surface area contributed by atoms with Gasteiger partial charge in [-0.1, -0.05) is 12.1 Å².